The number of unbranched alkanes of at least 4 members (excludes halogenated alkanes) is 3. The molecule has 0 fully saturated rings. The smallest absolute Gasteiger partial charge is 0.303 e. The molecule has 192 valence electrons. The summed E-state index contributed by atoms with van der Waals surface area (Å²) in [6.07, 6.45) is 9.40. The summed E-state index contributed by atoms with van der Waals surface area (Å²) in [6.45, 7) is 11.9. The Kier molecular flexibility index (Phi) is 11.3. The monoisotopic (exact) mass is 490 g/mol. The molecule has 1 aromatic carbocycles. The van der Waals surface area contributed by atoms with Crippen molar-refractivity contribution in [2.75, 3.05) is 6.61 Å². The van der Waals surface area contributed by atoms with Crippen LogP contribution in [-0.2, 0) is 9.22 Å². The van der Waals surface area contributed by atoms with Crippen LogP contribution in [0.15, 0.2) is 42.0 Å². The fourth-order valence-electron chi connectivity index (χ4n) is 4.30. The number of aliphatic hydroxyl groups is 1. The highest BCUT2D eigenvalue weighted by Gasteiger charge is 2.39. The lowest BCUT2D eigenvalue weighted by Crippen LogP contribution is -2.45. The van der Waals surface area contributed by atoms with Crippen molar-refractivity contribution in [3.05, 3.63) is 42.0 Å². The maximum atomic E-state index is 10.7. The van der Waals surface area contributed by atoms with Crippen molar-refractivity contribution in [2.24, 2.45) is 5.92 Å². The van der Waals surface area contributed by atoms with Gasteiger partial charge in [0.25, 0.3) is 0 Å². The Morgan fingerprint density at radius 2 is 1.79 bits per heavy atom. The van der Waals surface area contributed by atoms with E-state index in [1.165, 1.54) is 5.57 Å². The maximum Gasteiger partial charge on any atom is 0.303 e. The van der Waals surface area contributed by atoms with Crippen LogP contribution in [0, 0.1) is 5.92 Å². The van der Waals surface area contributed by atoms with Gasteiger partial charge in [0.1, 0.15) is 12.4 Å². The van der Waals surface area contributed by atoms with Crippen molar-refractivity contribution < 1.29 is 24.2 Å². The third-order valence-corrected chi connectivity index (χ3v) is 12.0. The summed E-state index contributed by atoms with van der Waals surface area (Å²) in [4.78, 5) is 10.7. The van der Waals surface area contributed by atoms with E-state index in [1.807, 2.05) is 30.3 Å². The highest BCUT2D eigenvalue weighted by Crippen LogP contribution is 2.39. The van der Waals surface area contributed by atoms with Crippen LogP contribution in [0.5, 0.6) is 5.75 Å². The summed E-state index contributed by atoms with van der Waals surface area (Å²) in [7, 11) is -1.95. The summed E-state index contributed by atoms with van der Waals surface area (Å²) >= 11 is 0. The van der Waals surface area contributed by atoms with Crippen molar-refractivity contribution in [2.45, 2.75) is 109 Å². The zero-order chi connectivity index (χ0) is 25.2. The molecule has 1 unspecified atom stereocenters. The number of carboxylic acids is 1. The summed E-state index contributed by atoms with van der Waals surface area (Å²) in [5.74, 6) is 0.354. The summed E-state index contributed by atoms with van der Waals surface area (Å²) < 4.78 is 12.9. The standard InChI is InChI=1S/C28H46O5Si/c1-28(2,3)34(4,5)33-24(21-32-23-13-9-8-10-14-23)19-17-22-18-20-26(29)25(22)15-11-6-7-12-16-27(30)31/h8-10,13-14,18,24-26,29H,6-7,11-12,15-17,19-21H2,1-5H3,(H,30,31)/t24?,25-,26+/m1/s1. The molecule has 0 amide bonds. The van der Waals surface area contributed by atoms with E-state index in [9.17, 15) is 9.90 Å². The number of ether oxygens (including phenoxy) is 1. The average molecular weight is 491 g/mol. The molecule has 1 aliphatic rings. The quantitative estimate of drug-likeness (QED) is 0.158. The van der Waals surface area contributed by atoms with E-state index in [0.717, 1.165) is 57.1 Å². The SMILES string of the molecule is CC(C)(C)[Si](C)(C)OC(CCC1=CC[C@H](O)[C@@H]1CCCCCCC(=O)O)COc1ccccc1. The topological polar surface area (TPSA) is 76.0 Å². The van der Waals surface area contributed by atoms with Gasteiger partial charge in [0.15, 0.2) is 8.32 Å². The van der Waals surface area contributed by atoms with Gasteiger partial charge in [-0.1, -0.05) is 69.9 Å². The Balaban J connectivity index is 1.92. The van der Waals surface area contributed by atoms with Crippen molar-refractivity contribution in [3.63, 3.8) is 0 Å². The van der Waals surface area contributed by atoms with Gasteiger partial charge < -0.3 is 19.4 Å². The molecule has 0 aliphatic heterocycles. The van der Waals surface area contributed by atoms with Gasteiger partial charge in [0.05, 0.1) is 12.2 Å². The summed E-state index contributed by atoms with van der Waals surface area (Å²) in [5, 5.41) is 19.5. The van der Waals surface area contributed by atoms with Crippen LogP contribution in [0.2, 0.25) is 18.1 Å². The van der Waals surface area contributed by atoms with Crippen LogP contribution >= 0.6 is 0 Å². The molecule has 2 rings (SSSR count). The molecule has 0 saturated heterocycles. The molecule has 0 saturated carbocycles. The molecule has 1 aromatic rings. The highest BCUT2D eigenvalue weighted by molar-refractivity contribution is 6.74. The van der Waals surface area contributed by atoms with Crippen LogP contribution in [0.1, 0.15) is 78.6 Å². The third-order valence-electron chi connectivity index (χ3n) is 7.42. The number of carbonyl (C=O) groups is 1. The van der Waals surface area contributed by atoms with Gasteiger partial charge in [-0.2, -0.15) is 0 Å². The van der Waals surface area contributed by atoms with Crippen molar-refractivity contribution in [1.82, 2.24) is 0 Å². The summed E-state index contributed by atoms with van der Waals surface area (Å²) in [5.41, 5.74) is 1.35. The second-order valence-electron chi connectivity index (χ2n) is 11.2. The van der Waals surface area contributed by atoms with Gasteiger partial charge >= 0.3 is 5.97 Å². The molecular formula is C28H46O5Si. The first kappa shape index (κ1) is 28.6. The van der Waals surface area contributed by atoms with Gasteiger partial charge in [-0.3, -0.25) is 4.79 Å². The van der Waals surface area contributed by atoms with Crippen molar-refractivity contribution >= 4 is 14.3 Å². The van der Waals surface area contributed by atoms with Gasteiger partial charge in [-0.15, -0.1) is 0 Å². The fraction of sp³-hybridized carbons (Fsp3) is 0.679. The lowest BCUT2D eigenvalue weighted by atomic mass is 9.89. The predicted molar refractivity (Wildman–Crippen MR) is 141 cm³/mol. The Morgan fingerprint density at radius 3 is 2.44 bits per heavy atom. The molecular weight excluding hydrogens is 444 g/mol. The average Bonchev–Trinajstić information content (AvgIpc) is 3.11. The van der Waals surface area contributed by atoms with Gasteiger partial charge in [0.2, 0.25) is 0 Å². The molecule has 1 aliphatic carbocycles. The van der Waals surface area contributed by atoms with Gasteiger partial charge in [-0.25, -0.2) is 0 Å². The number of hydrogen-bond acceptors (Lipinski definition) is 4. The van der Waals surface area contributed by atoms with Crippen LogP contribution in [-0.4, -0.2) is 43.3 Å². The minimum atomic E-state index is -1.95. The number of para-hydroxylation sites is 1. The van der Waals surface area contributed by atoms with E-state index in [0.29, 0.717) is 6.61 Å². The second-order valence-corrected chi connectivity index (χ2v) is 16.0. The van der Waals surface area contributed by atoms with Crippen LogP contribution < -0.4 is 4.74 Å². The lowest BCUT2D eigenvalue weighted by Gasteiger charge is -2.39. The first-order valence-electron chi connectivity index (χ1n) is 12.9. The maximum absolute atomic E-state index is 10.7. The zero-order valence-electron chi connectivity index (χ0n) is 21.9. The minimum Gasteiger partial charge on any atom is -0.491 e. The first-order chi connectivity index (χ1) is 16.0. The van der Waals surface area contributed by atoms with Crippen molar-refractivity contribution in [1.29, 1.82) is 0 Å². The van der Waals surface area contributed by atoms with E-state index < -0.39 is 14.3 Å². The molecule has 0 radical (unpaired) electrons. The number of aliphatic carboxylic acids is 1. The number of carboxylic acid groups (broad SMARTS) is 1. The van der Waals surface area contributed by atoms with Crippen LogP contribution in [0.25, 0.3) is 0 Å². The van der Waals surface area contributed by atoms with Crippen LogP contribution in [0.3, 0.4) is 0 Å². The number of aliphatic hydroxyl groups excluding tert-OH is 1. The molecule has 5 nitrogen and oxygen atoms in total. The summed E-state index contributed by atoms with van der Waals surface area (Å²) in [6, 6.07) is 9.91. The Labute approximate surface area is 207 Å². The van der Waals surface area contributed by atoms with Crippen molar-refractivity contribution in [3.8, 4) is 5.75 Å². The molecule has 0 aromatic heterocycles. The normalized spacial score (nSPS) is 19.6. The van der Waals surface area contributed by atoms with E-state index in [1.54, 1.807) is 0 Å². The Morgan fingerprint density at radius 1 is 1.12 bits per heavy atom. The van der Waals surface area contributed by atoms with E-state index in [4.69, 9.17) is 14.3 Å². The van der Waals surface area contributed by atoms with Crippen LogP contribution in [0.4, 0.5) is 0 Å². The third kappa shape index (κ3) is 9.55. The zero-order valence-corrected chi connectivity index (χ0v) is 22.9. The number of hydrogen-bond donors (Lipinski definition) is 2. The Hall–Kier alpha value is -1.63. The van der Waals surface area contributed by atoms with E-state index in [2.05, 4.69) is 39.9 Å². The number of rotatable bonds is 15. The highest BCUT2D eigenvalue weighted by atomic mass is 28.4. The second kappa shape index (κ2) is 13.5. The molecule has 3 atom stereocenters. The van der Waals surface area contributed by atoms with Gasteiger partial charge in [0, 0.05) is 12.3 Å². The predicted octanol–water partition coefficient (Wildman–Crippen LogP) is 6.97. The first-order valence-corrected chi connectivity index (χ1v) is 15.8. The lowest BCUT2D eigenvalue weighted by molar-refractivity contribution is -0.137. The molecule has 6 heteroatoms. The fourth-order valence-corrected chi connectivity index (χ4v) is 5.67. The number of benzene rings is 1. The van der Waals surface area contributed by atoms with E-state index >= 15 is 0 Å². The largest absolute Gasteiger partial charge is 0.491 e. The molecule has 0 spiro atoms. The molecule has 34 heavy (non-hydrogen) atoms. The Bertz CT molecular complexity index is 769. The molecule has 0 heterocycles. The minimum absolute atomic E-state index is 0.0106. The van der Waals surface area contributed by atoms with Gasteiger partial charge in [-0.05, 0) is 62.4 Å². The molecule has 0 bridgehead atoms. The molecule has 2 N–H and O–H groups in total. The van der Waals surface area contributed by atoms with E-state index in [-0.39, 0.29) is 29.6 Å².